The topological polar surface area (TPSA) is 35.5 Å². The molecule has 0 saturated carbocycles. The second-order valence-corrected chi connectivity index (χ2v) is 5.57. The van der Waals surface area contributed by atoms with Crippen LogP contribution in [0.3, 0.4) is 0 Å². The SMILES string of the molecule is C=CCCCCCC#CC#CCOCC(=O)OC(C)(C)C. The van der Waals surface area contributed by atoms with Gasteiger partial charge in [-0.2, -0.15) is 0 Å². The summed E-state index contributed by atoms with van der Waals surface area (Å²) in [5.41, 5.74) is -0.483. The van der Waals surface area contributed by atoms with Gasteiger partial charge in [0.2, 0.25) is 0 Å². The number of carbonyl (C=O) groups excluding carboxylic acids is 1. The summed E-state index contributed by atoms with van der Waals surface area (Å²) in [6, 6.07) is 0. The monoisotopic (exact) mass is 290 g/mol. The molecule has 3 heteroatoms. The van der Waals surface area contributed by atoms with Crippen molar-refractivity contribution in [1.29, 1.82) is 0 Å². The number of allylic oxidation sites excluding steroid dienone is 1. The molecule has 0 aliphatic heterocycles. The molecule has 0 aliphatic rings. The van der Waals surface area contributed by atoms with E-state index in [9.17, 15) is 4.79 Å². The lowest BCUT2D eigenvalue weighted by Gasteiger charge is -2.19. The second kappa shape index (κ2) is 12.1. The number of ether oxygens (including phenoxy) is 2. The van der Waals surface area contributed by atoms with E-state index in [1.54, 1.807) is 0 Å². The quantitative estimate of drug-likeness (QED) is 0.297. The van der Waals surface area contributed by atoms with E-state index in [4.69, 9.17) is 9.47 Å². The number of carbonyl (C=O) groups is 1. The highest BCUT2D eigenvalue weighted by atomic mass is 16.6. The number of hydrogen-bond donors (Lipinski definition) is 0. The summed E-state index contributed by atoms with van der Waals surface area (Å²) in [5, 5.41) is 0. The van der Waals surface area contributed by atoms with Crippen LogP contribution in [0.1, 0.15) is 52.9 Å². The summed E-state index contributed by atoms with van der Waals surface area (Å²) < 4.78 is 10.2. The summed E-state index contributed by atoms with van der Waals surface area (Å²) in [6.07, 6.45) is 7.32. The molecule has 0 aromatic heterocycles. The molecule has 0 fully saturated rings. The van der Waals surface area contributed by atoms with Gasteiger partial charge in [0.05, 0.1) is 0 Å². The molecule has 0 atom stereocenters. The Morgan fingerprint density at radius 1 is 1.14 bits per heavy atom. The van der Waals surface area contributed by atoms with Crippen LogP contribution in [-0.4, -0.2) is 24.8 Å². The molecule has 0 spiro atoms. The van der Waals surface area contributed by atoms with Gasteiger partial charge in [0, 0.05) is 6.42 Å². The standard InChI is InChI=1S/C18H26O3/c1-5-6-7-8-9-10-11-12-13-14-15-20-16-17(19)21-18(2,3)4/h5H,1,6-10,15-16H2,2-4H3. The van der Waals surface area contributed by atoms with Crippen LogP contribution in [0.15, 0.2) is 12.7 Å². The normalized spacial score (nSPS) is 9.86. The fourth-order valence-electron chi connectivity index (χ4n) is 1.42. The highest BCUT2D eigenvalue weighted by molar-refractivity contribution is 5.71. The lowest BCUT2D eigenvalue weighted by atomic mass is 10.1. The Labute approximate surface area is 129 Å². The van der Waals surface area contributed by atoms with E-state index < -0.39 is 5.60 Å². The molecule has 21 heavy (non-hydrogen) atoms. The van der Waals surface area contributed by atoms with E-state index in [0.29, 0.717) is 0 Å². The van der Waals surface area contributed by atoms with Gasteiger partial charge in [-0.15, -0.1) is 6.58 Å². The van der Waals surface area contributed by atoms with Gasteiger partial charge in [-0.3, -0.25) is 0 Å². The fourth-order valence-corrected chi connectivity index (χ4v) is 1.42. The lowest BCUT2D eigenvalue weighted by Crippen LogP contribution is -2.26. The minimum atomic E-state index is -0.483. The minimum Gasteiger partial charge on any atom is -0.458 e. The molecule has 3 nitrogen and oxygen atoms in total. The van der Waals surface area contributed by atoms with Gasteiger partial charge in [-0.25, -0.2) is 4.79 Å². The first-order valence-electron chi connectivity index (χ1n) is 7.32. The van der Waals surface area contributed by atoms with Crippen molar-refractivity contribution in [3.05, 3.63) is 12.7 Å². The maximum absolute atomic E-state index is 11.3. The zero-order valence-corrected chi connectivity index (χ0v) is 13.5. The van der Waals surface area contributed by atoms with Crippen molar-refractivity contribution in [2.45, 2.75) is 58.5 Å². The summed E-state index contributed by atoms with van der Waals surface area (Å²) >= 11 is 0. The third-order valence-electron chi connectivity index (χ3n) is 2.26. The molecule has 0 aliphatic carbocycles. The number of unbranched alkanes of at least 4 members (excludes halogenated alkanes) is 4. The average Bonchev–Trinajstić information content (AvgIpc) is 2.38. The fraction of sp³-hybridized carbons (Fsp3) is 0.611. The Kier molecular flexibility index (Phi) is 11.1. The minimum absolute atomic E-state index is 0.0807. The number of hydrogen-bond acceptors (Lipinski definition) is 3. The third-order valence-corrected chi connectivity index (χ3v) is 2.26. The van der Waals surface area contributed by atoms with Crippen LogP contribution in [0.4, 0.5) is 0 Å². The Bertz CT molecular complexity index is 421. The molecule has 0 radical (unpaired) electrons. The van der Waals surface area contributed by atoms with Crippen LogP contribution in [-0.2, 0) is 14.3 Å². The second-order valence-electron chi connectivity index (χ2n) is 5.57. The van der Waals surface area contributed by atoms with Gasteiger partial charge in [0.25, 0.3) is 0 Å². The van der Waals surface area contributed by atoms with E-state index in [1.807, 2.05) is 26.8 Å². The van der Waals surface area contributed by atoms with E-state index in [2.05, 4.69) is 30.3 Å². The first kappa shape index (κ1) is 19.3. The number of rotatable bonds is 8. The van der Waals surface area contributed by atoms with E-state index >= 15 is 0 Å². The van der Waals surface area contributed by atoms with Crippen LogP contribution in [0.25, 0.3) is 0 Å². The maximum Gasteiger partial charge on any atom is 0.332 e. The molecule has 0 rings (SSSR count). The zero-order chi connectivity index (χ0) is 16.0. The van der Waals surface area contributed by atoms with Crippen molar-refractivity contribution in [2.24, 2.45) is 0 Å². The molecule has 0 saturated heterocycles. The molecule has 0 bridgehead atoms. The van der Waals surface area contributed by atoms with Crippen molar-refractivity contribution < 1.29 is 14.3 Å². The highest BCUT2D eigenvalue weighted by Gasteiger charge is 2.15. The van der Waals surface area contributed by atoms with Crippen LogP contribution in [0.2, 0.25) is 0 Å². The van der Waals surface area contributed by atoms with Crippen molar-refractivity contribution in [3.8, 4) is 23.7 Å². The first-order valence-corrected chi connectivity index (χ1v) is 7.32. The van der Waals surface area contributed by atoms with Gasteiger partial charge in [0.1, 0.15) is 18.8 Å². The molecule has 0 aromatic carbocycles. The van der Waals surface area contributed by atoms with Crippen molar-refractivity contribution in [3.63, 3.8) is 0 Å². The van der Waals surface area contributed by atoms with Gasteiger partial charge < -0.3 is 9.47 Å². The van der Waals surface area contributed by atoms with Gasteiger partial charge in [-0.05, 0) is 51.9 Å². The predicted molar refractivity (Wildman–Crippen MR) is 85.5 cm³/mol. The smallest absolute Gasteiger partial charge is 0.332 e. The van der Waals surface area contributed by atoms with E-state index in [1.165, 1.54) is 12.8 Å². The molecule has 116 valence electrons. The van der Waals surface area contributed by atoms with Crippen molar-refractivity contribution in [2.75, 3.05) is 13.2 Å². The molecule has 0 unspecified atom stereocenters. The Balaban J connectivity index is 3.58. The molecule has 0 aromatic rings. The number of esters is 1. The molecule has 0 heterocycles. The molecular formula is C18H26O3. The molecular weight excluding hydrogens is 264 g/mol. The summed E-state index contributed by atoms with van der Waals surface area (Å²) in [5.74, 6) is 10.8. The van der Waals surface area contributed by atoms with Crippen LogP contribution < -0.4 is 0 Å². The maximum atomic E-state index is 11.3. The Morgan fingerprint density at radius 2 is 1.86 bits per heavy atom. The van der Waals surface area contributed by atoms with Gasteiger partial charge >= 0.3 is 5.97 Å². The largest absolute Gasteiger partial charge is 0.458 e. The molecule has 0 N–H and O–H groups in total. The predicted octanol–water partition coefficient (Wildman–Crippen LogP) is 3.49. The third kappa shape index (κ3) is 16.2. The van der Waals surface area contributed by atoms with Gasteiger partial charge in [-0.1, -0.05) is 24.3 Å². The summed E-state index contributed by atoms with van der Waals surface area (Å²) in [6.45, 7) is 9.24. The molecule has 0 amide bonds. The lowest BCUT2D eigenvalue weighted by molar-refractivity contribution is -0.159. The van der Waals surface area contributed by atoms with E-state index in [0.717, 1.165) is 19.3 Å². The summed E-state index contributed by atoms with van der Waals surface area (Å²) in [7, 11) is 0. The van der Waals surface area contributed by atoms with E-state index in [-0.39, 0.29) is 19.2 Å². The van der Waals surface area contributed by atoms with Gasteiger partial charge in [0.15, 0.2) is 0 Å². The van der Waals surface area contributed by atoms with Crippen LogP contribution in [0.5, 0.6) is 0 Å². The zero-order valence-electron chi connectivity index (χ0n) is 13.5. The highest BCUT2D eigenvalue weighted by Crippen LogP contribution is 2.06. The Hall–Kier alpha value is -1.71. The Morgan fingerprint density at radius 3 is 2.52 bits per heavy atom. The first-order chi connectivity index (χ1) is 9.95. The average molecular weight is 290 g/mol. The van der Waals surface area contributed by atoms with Crippen molar-refractivity contribution >= 4 is 5.97 Å². The van der Waals surface area contributed by atoms with Crippen LogP contribution in [0, 0.1) is 23.7 Å². The van der Waals surface area contributed by atoms with Crippen LogP contribution >= 0.6 is 0 Å². The summed E-state index contributed by atoms with van der Waals surface area (Å²) in [4.78, 5) is 11.3. The van der Waals surface area contributed by atoms with Crippen molar-refractivity contribution in [1.82, 2.24) is 0 Å².